The quantitative estimate of drug-likeness (QED) is 0.323. The van der Waals surface area contributed by atoms with E-state index in [9.17, 15) is 22.4 Å². The fourth-order valence-corrected chi connectivity index (χ4v) is 6.08. The third-order valence-electron chi connectivity index (χ3n) is 7.28. The number of halogens is 2. The molecular weight excluding hydrogens is 565 g/mol. The number of nitrogens with one attached hydrogen (secondary N) is 1. The third-order valence-corrected chi connectivity index (χ3v) is 8.68. The lowest BCUT2D eigenvalue weighted by Crippen LogP contribution is -2.55. The number of hydrogen-bond acceptors (Lipinski definition) is 4. The van der Waals surface area contributed by atoms with Gasteiger partial charge in [-0.25, -0.2) is 12.8 Å². The molecule has 1 unspecified atom stereocenters. The van der Waals surface area contributed by atoms with Gasteiger partial charge >= 0.3 is 0 Å². The van der Waals surface area contributed by atoms with Gasteiger partial charge in [0.2, 0.25) is 21.8 Å². The van der Waals surface area contributed by atoms with Crippen molar-refractivity contribution in [2.75, 3.05) is 17.1 Å². The average Bonchev–Trinajstić information content (AvgIpc) is 2.95. The zero-order valence-corrected chi connectivity index (χ0v) is 24.6. The lowest BCUT2D eigenvalue weighted by atomic mass is 9.94. The van der Waals surface area contributed by atoms with Crippen LogP contribution < -0.4 is 9.62 Å². The minimum atomic E-state index is -3.87. The molecule has 1 aliphatic rings. The molecule has 0 saturated heterocycles. The highest BCUT2D eigenvalue weighted by atomic mass is 35.5. The maximum atomic E-state index is 14.1. The second kappa shape index (κ2) is 14.0. The number of anilines is 1. The van der Waals surface area contributed by atoms with Crippen molar-refractivity contribution >= 4 is 39.1 Å². The summed E-state index contributed by atoms with van der Waals surface area (Å²) in [5, 5.41) is 3.58. The SMILES string of the molecule is CS(=O)(=O)N(CC(=O)N(Cc1ccc(F)cc1)C(Cc1ccccc1)C(=O)NC1CCCCC1)c1ccc(Cl)cc1. The van der Waals surface area contributed by atoms with Crippen LogP contribution in [0.2, 0.25) is 5.02 Å². The predicted molar refractivity (Wildman–Crippen MR) is 160 cm³/mol. The molecule has 218 valence electrons. The highest BCUT2D eigenvalue weighted by Crippen LogP contribution is 2.23. The van der Waals surface area contributed by atoms with E-state index in [4.69, 9.17) is 11.6 Å². The number of carbonyl (C=O) groups is 2. The zero-order valence-electron chi connectivity index (χ0n) is 23.0. The lowest BCUT2D eigenvalue weighted by Gasteiger charge is -2.35. The van der Waals surface area contributed by atoms with Crippen LogP contribution in [0.3, 0.4) is 0 Å². The number of rotatable bonds is 11. The van der Waals surface area contributed by atoms with Crippen molar-refractivity contribution in [2.45, 2.75) is 57.2 Å². The number of hydrogen-bond donors (Lipinski definition) is 1. The number of sulfonamides is 1. The van der Waals surface area contributed by atoms with Crippen molar-refractivity contribution in [2.24, 2.45) is 0 Å². The van der Waals surface area contributed by atoms with E-state index >= 15 is 0 Å². The summed E-state index contributed by atoms with van der Waals surface area (Å²) in [6, 6.07) is 20.3. The van der Waals surface area contributed by atoms with Crippen molar-refractivity contribution in [3.8, 4) is 0 Å². The van der Waals surface area contributed by atoms with Crippen molar-refractivity contribution in [1.29, 1.82) is 0 Å². The second-order valence-electron chi connectivity index (χ2n) is 10.4. The van der Waals surface area contributed by atoms with Gasteiger partial charge in [-0.2, -0.15) is 0 Å². The summed E-state index contributed by atoms with van der Waals surface area (Å²) < 4.78 is 40.4. The number of nitrogens with zero attached hydrogens (tertiary/aromatic N) is 2. The van der Waals surface area contributed by atoms with Crippen LogP contribution in [0.5, 0.6) is 0 Å². The topological polar surface area (TPSA) is 86.8 Å². The molecule has 2 amide bonds. The summed E-state index contributed by atoms with van der Waals surface area (Å²) in [4.78, 5) is 29.4. The molecule has 0 radical (unpaired) electrons. The Morgan fingerprint density at radius 2 is 1.56 bits per heavy atom. The largest absolute Gasteiger partial charge is 0.352 e. The van der Waals surface area contributed by atoms with Gasteiger partial charge in [0.25, 0.3) is 0 Å². The summed E-state index contributed by atoms with van der Waals surface area (Å²) >= 11 is 6.01. The van der Waals surface area contributed by atoms with E-state index in [1.54, 1.807) is 24.3 Å². The molecule has 3 aromatic rings. The molecule has 1 N–H and O–H groups in total. The molecule has 1 fully saturated rings. The van der Waals surface area contributed by atoms with Gasteiger partial charge in [-0.15, -0.1) is 0 Å². The van der Waals surface area contributed by atoms with E-state index in [1.807, 2.05) is 30.3 Å². The first-order valence-electron chi connectivity index (χ1n) is 13.7. The van der Waals surface area contributed by atoms with Gasteiger partial charge in [0.05, 0.1) is 11.9 Å². The maximum absolute atomic E-state index is 14.1. The summed E-state index contributed by atoms with van der Waals surface area (Å²) in [7, 11) is -3.87. The monoisotopic (exact) mass is 599 g/mol. The molecule has 0 spiro atoms. The molecule has 0 aliphatic heterocycles. The van der Waals surface area contributed by atoms with E-state index in [0.717, 1.165) is 48.2 Å². The minimum Gasteiger partial charge on any atom is -0.352 e. The van der Waals surface area contributed by atoms with Crippen LogP contribution in [0.1, 0.15) is 43.2 Å². The zero-order chi connectivity index (χ0) is 29.4. The van der Waals surface area contributed by atoms with Crippen LogP contribution in [0, 0.1) is 5.82 Å². The molecule has 4 rings (SSSR count). The van der Waals surface area contributed by atoms with Gasteiger partial charge in [-0.05, 0) is 60.4 Å². The van der Waals surface area contributed by atoms with Crippen LogP contribution in [0.15, 0.2) is 78.9 Å². The summed E-state index contributed by atoms with van der Waals surface area (Å²) in [6.07, 6.45) is 6.17. The molecule has 7 nitrogen and oxygen atoms in total. The van der Waals surface area contributed by atoms with E-state index < -0.39 is 34.3 Å². The first kappa shape index (κ1) is 30.5. The normalized spacial score (nSPS) is 14.7. The van der Waals surface area contributed by atoms with Gasteiger partial charge in [0, 0.05) is 24.0 Å². The van der Waals surface area contributed by atoms with Crippen LogP contribution in [0.4, 0.5) is 10.1 Å². The molecular formula is C31H35ClFN3O4S. The molecule has 1 saturated carbocycles. The van der Waals surface area contributed by atoms with Crippen molar-refractivity contribution in [3.05, 3.63) is 101 Å². The predicted octanol–water partition coefficient (Wildman–Crippen LogP) is 5.33. The first-order chi connectivity index (χ1) is 19.6. The second-order valence-corrected chi connectivity index (χ2v) is 12.8. The average molecular weight is 600 g/mol. The van der Waals surface area contributed by atoms with E-state index in [0.29, 0.717) is 10.6 Å². The van der Waals surface area contributed by atoms with E-state index in [-0.39, 0.29) is 30.6 Å². The summed E-state index contributed by atoms with van der Waals surface area (Å²) in [6.45, 7) is -0.531. The van der Waals surface area contributed by atoms with Crippen LogP contribution >= 0.6 is 11.6 Å². The Hall–Kier alpha value is -3.43. The molecule has 10 heteroatoms. The fraction of sp³-hybridized carbons (Fsp3) is 0.355. The molecule has 41 heavy (non-hydrogen) atoms. The van der Waals surface area contributed by atoms with Crippen LogP contribution in [-0.2, 0) is 32.6 Å². The Kier molecular flexibility index (Phi) is 10.4. The number of amides is 2. The standard InChI is InChI=1S/C31H35ClFN3O4S/c1-41(39,40)36(28-18-14-25(32)15-19-28)22-30(37)35(21-24-12-16-26(33)17-13-24)29(20-23-8-4-2-5-9-23)31(38)34-27-10-6-3-7-11-27/h2,4-5,8-9,12-19,27,29H,3,6-7,10-11,20-22H2,1H3,(H,34,38). The lowest BCUT2D eigenvalue weighted by molar-refractivity contribution is -0.140. The number of carbonyl (C=O) groups excluding carboxylic acids is 2. The summed E-state index contributed by atoms with van der Waals surface area (Å²) in [5.74, 6) is -1.28. The van der Waals surface area contributed by atoms with Gasteiger partial charge < -0.3 is 10.2 Å². The Morgan fingerprint density at radius 1 is 0.927 bits per heavy atom. The van der Waals surface area contributed by atoms with Crippen molar-refractivity contribution in [3.63, 3.8) is 0 Å². The molecule has 0 bridgehead atoms. The Bertz CT molecular complexity index is 1410. The first-order valence-corrected chi connectivity index (χ1v) is 15.9. The van der Waals surface area contributed by atoms with E-state index in [2.05, 4.69) is 5.32 Å². The fourth-order valence-electron chi connectivity index (χ4n) is 5.11. The highest BCUT2D eigenvalue weighted by molar-refractivity contribution is 7.92. The molecule has 0 heterocycles. The van der Waals surface area contributed by atoms with Crippen molar-refractivity contribution < 1.29 is 22.4 Å². The molecule has 1 aliphatic carbocycles. The minimum absolute atomic E-state index is 0.00702. The molecule has 1 atom stereocenters. The Morgan fingerprint density at radius 3 is 2.17 bits per heavy atom. The Labute approximate surface area is 246 Å². The van der Waals surface area contributed by atoms with Gasteiger partial charge in [0.1, 0.15) is 18.4 Å². The highest BCUT2D eigenvalue weighted by Gasteiger charge is 2.34. The van der Waals surface area contributed by atoms with E-state index in [1.165, 1.54) is 29.2 Å². The van der Waals surface area contributed by atoms with Gasteiger partial charge in [-0.3, -0.25) is 13.9 Å². The smallest absolute Gasteiger partial charge is 0.244 e. The van der Waals surface area contributed by atoms with Crippen LogP contribution in [-0.4, -0.2) is 50.0 Å². The van der Waals surface area contributed by atoms with Crippen LogP contribution in [0.25, 0.3) is 0 Å². The Balaban J connectivity index is 1.71. The molecule has 3 aromatic carbocycles. The van der Waals surface area contributed by atoms with Gasteiger partial charge in [-0.1, -0.05) is 73.3 Å². The number of benzene rings is 3. The summed E-state index contributed by atoms with van der Waals surface area (Å²) in [5.41, 5.74) is 1.74. The van der Waals surface area contributed by atoms with Gasteiger partial charge in [0.15, 0.2) is 0 Å². The molecule has 0 aromatic heterocycles. The maximum Gasteiger partial charge on any atom is 0.244 e. The third kappa shape index (κ3) is 8.78. The van der Waals surface area contributed by atoms with Crippen molar-refractivity contribution in [1.82, 2.24) is 10.2 Å².